The average molecular weight is 168 g/mol. The summed E-state index contributed by atoms with van der Waals surface area (Å²) in [6.45, 7) is 11.7. The van der Waals surface area contributed by atoms with E-state index in [0.717, 1.165) is 5.92 Å². The van der Waals surface area contributed by atoms with Gasteiger partial charge in [-0.1, -0.05) is 34.6 Å². The summed E-state index contributed by atoms with van der Waals surface area (Å²) in [5, 5.41) is 0. The average Bonchev–Trinajstić information content (AvgIpc) is 2.38. The van der Waals surface area contributed by atoms with Crippen LogP contribution in [0.5, 0.6) is 0 Å². The maximum Gasteiger partial charge on any atom is 0.0688 e. The number of hydrogen-bond acceptors (Lipinski definition) is 1. The van der Waals surface area contributed by atoms with Gasteiger partial charge in [0.1, 0.15) is 0 Å². The van der Waals surface area contributed by atoms with Gasteiger partial charge in [-0.25, -0.2) is 0 Å². The first-order valence-electron chi connectivity index (χ1n) is 4.99. The van der Waals surface area contributed by atoms with Crippen molar-refractivity contribution in [3.63, 3.8) is 0 Å². The highest BCUT2D eigenvalue weighted by Gasteiger charge is 2.62. The summed E-state index contributed by atoms with van der Waals surface area (Å²) < 4.78 is 5.80. The van der Waals surface area contributed by atoms with E-state index in [1.54, 1.807) is 0 Å². The Bertz CT molecular complexity index is 200. The third kappa shape index (κ3) is 0.891. The fourth-order valence-corrected chi connectivity index (χ4v) is 2.77. The molecule has 3 atom stereocenters. The third-order valence-electron chi connectivity index (χ3n) is 3.82. The fraction of sp³-hybridized carbons (Fsp3) is 1.00. The highest BCUT2D eigenvalue weighted by molar-refractivity contribution is 5.10. The minimum Gasteiger partial charge on any atom is -0.373 e. The predicted octanol–water partition coefficient (Wildman–Crippen LogP) is 2.85. The smallest absolute Gasteiger partial charge is 0.0688 e. The highest BCUT2D eigenvalue weighted by atomic mass is 16.5. The molecule has 0 aromatic carbocycles. The fourth-order valence-electron chi connectivity index (χ4n) is 2.77. The van der Waals surface area contributed by atoms with E-state index in [1.807, 2.05) is 0 Å². The maximum atomic E-state index is 5.80. The lowest BCUT2D eigenvalue weighted by Gasteiger charge is -2.46. The van der Waals surface area contributed by atoms with E-state index in [4.69, 9.17) is 4.74 Å². The highest BCUT2D eigenvalue weighted by Crippen LogP contribution is 2.59. The summed E-state index contributed by atoms with van der Waals surface area (Å²) in [6.07, 6.45) is 2.36. The van der Waals surface area contributed by atoms with E-state index in [9.17, 15) is 0 Å². The van der Waals surface area contributed by atoms with Crippen molar-refractivity contribution in [1.82, 2.24) is 0 Å². The minimum atomic E-state index is 0.424. The molecular weight excluding hydrogens is 148 g/mol. The van der Waals surface area contributed by atoms with Gasteiger partial charge in [-0.3, -0.25) is 0 Å². The molecule has 3 rings (SSSR count). The molecule has 0 aromatic rings. The molecule has 3 fully saturated rings. The Morgan fingerprint density at radius 1 is 1.25 bits per heavy atom. The van der Waals surface area contributed by atoms with E-state index >= 15 is 0 Å². The molecule has 0 N–H and O–H groups in total. The van der Waals surface area contributed by atoms with Crippen molar-refractivity contribution < 1.29 is 4.74 Å². The standard InChI is InChI=1S/C11H20O/c1-10(2,3)7-6-8-11(4,5)9(7)12-8/h7-9H,6H2,1-5H3. The SMILES string of the molecule is CC(C)(C)C1CC2OC1C2(C)C. The van der Waals surface area contributed by atoms with Crippen LogP contribution in [0.1, 0.15) is 41.0 Å². The Labute approximate surface area is 75.5 Å². The van der Waals surface area contributed by atoms with E-state index in [0.29, 0.717) is 23.0 Å². The van der Waals surface area contributed by atoms with E-state index in [2.05, 4.69) is 34.6 Å². The molecule has 0 aromatic heterocycles. The van der Waals surface area contributed by atoms with Gasteiger partial charge in [0.25, 0.3) is 0 Å². The minimum absolute atomic E-state index is 0.424. The van der Waals surface area contributed by atoms with Crippen LogP contribution in [-0.2, 0) is 4.74 Å². The monoisotopic (exact) mass is 168 g/mol. The summed E-state index contributed by atoms with van der Waals surface area (Å²) in [4.78, 5) is 0. The van der Waals surface area contributed by atoms with Crippen LogP contribution in [0.25, 0.3) is 0 Å². The van der Waals surface area contributed by atoms with Gasteiger partial charge in [-0.05, 0) is 17.8 Å². The molecule has 2 aliphatic heterocycles. The number of hydrogen-bond donors (Lipinski definition) is 0. The van der Waals surface area contributed by atoms with Crippen LogP contribution < -0.4 is 0 Å². The maximum absolute atomic E-state index is 5.80. The molecule has 1 nitrogen and oxygen atoms in total. The van der Waals surface area contributed by atoms with Crippen molar-refractivity contribution in [2.75, 3.05) is 0 Å². The van der Waals surface area contributed by atoms with Crippen LogP contribution in [0.2, 0.25) is 0 Å². The molecule has 1 heteroatoms. The molecule has 70 valence electrons. The Balaban J connectivity index is 2.17. The van der Waals surface area contributed by atoms with Gasteiger partial charge in [0.2, 0.25) is 0 Å². The Morgan fingerprint density at radius 2 is 1.83 bits per heavy atom. The topological polar surface area (TPSA) is 9.23 Å². The molecular formula is C11H20O. The molecule has 0 amide bonds. The van der Waals surface area contributed by atoms with Crippen molar-refractivity contribution in [1.29, 1.82) is 0 Å². The zero-order valence-corrected chi connectivity index (χ0v) is 8.85. The molecule has 2 bridgehead atoms. The summed E-state index contributed by atoms with van der Waals surface area (Å²) in [7, 11) is 0. The van der Waals surface area contributed by atoms with Crippen molar-refractivity contribution in [2.24, 2.45) is 16.7 Å². The van der Waals surface area contributed by atoms with Crippen LogP contribution in [0.15, 0.2) is 0 Å². The van der Waals surface area contributed by atoms with Gasteiger partial charge in [0, 0.05) is 5.41 Å². The summed E-state index contributed by atoms with van der Waals surface area (Å²) in [5.41, 5.74) is 0.880. The third-order valence-corrected chi connectivity index (χ3v) is 3.82. The zero-order chi connectivity index (χ0) is 9.15. The van der Waals surface area contributed by atoms with Crippen LogP contribution in [0, 0.1) is 16.7 Å². The summed E-state index contributed by atoms with van der Waals surface area (Å²) in [6, 6.07) is 0. The molecule has 2 heterocycles. The quantitative estimate of drug-likeness (QED) is 0.540. The van der Waals surface area contributed by atoms with Crippen LogP contribution in [0.4, 0.5) is 0 Å². The molecule has 12 heavy (non-hydrogen) atoms. The first-order valence-corrected chi connectivity index (χ1v) is 4.99. The van der Waals surface area contributed by atoms with Crippen molar-refractivity contribution in [2.45, 2.75) is 53.2 Å². The van der Waals surface area contributed by atoms with Gasteiger partial charge in [0.15, 0.2) is 0 Å². The summed E-state index contributed by atoms with van der Waals surface area (Å²) in [5.74, 6) is 0.775. The van der Waals surface area contributed by atoms with Gasteiger partial charge >= 0.3 is 0 Å². The number of ether oxygens (including phenoxy) is 1. The van der Waals surface area contributed by atoms with Crippen LogP contribution in [-0.4, -0.2) is 12.2 Å². The number of rotatable bonds is 0. The number of fused-ring (bicyclic) bond motifs is 1. The molecule has 0 spiro atoms. The lowest BCUT2D eigenvalue weighted by molar-refractivity contribution is -0.197. The van der Waals surface area contributed by atoms with Crippen LogP contribution in [0.3, 0.4) is 0 Å². The predicted molar refractivity (Wildman–Crippen MR) is 50.0 cm³/mol. The molecule has 1 aliphatic carbocycles. The second kappa shape index (κ2) is 2.06. The summed E-state index contributed by atoms with van der Waals surface area (Å²) >= 11 is 0. The largest absolute Gasteiger partial charge is 0.373 e. The van der Waals surface area contributed by atoms with Gasteiger partial charge < -0.3 is 4.74 Å². The van der Waals surface area contributed by atoms with Crippen molar-refractivity contribution in [3.8, 4) is 0 Å². The zero-order valence-electron chi connectivity index (χ0n) is 8.85. The molecule has 3 unspecified atom stereocenters. The van der Waals surface area contributed by atoms with E-state index in [-0.39, 0.29) is 0 Å². The second-order valence-corrected chi connectivity index (χ2v) is 6.07. The lowest BCUT2D eigenvalue weighted by atomic mass is 9.74. The van der Waals surface area contributed by atoms with Crippen LogP contribution >= 0.6 is 0 Å². The Hall–Kier alpha value is -0.0400. The van der Waals surface area contributed by atoms with E-state index < -0.39 is 0 Å². The molecule has 2 saturated heterocycles. The van der Waals surface area contributed by atoms with E-state index in [1.165, 1.54) is 6.42 Å². The second-order valence-electron chi connectivity index (χ2n) is 6.07. The van der Waals surface area contributed by atoms with Gasteiger partial charge in [0.05, 0.1) is 12.2 Å². The van der Waals surface area contributed by atoms with Crippen molar-refractivity contribution >= 4 is 0 Å². The Morgan fingerprint density at radius 3 is 2.00 bits per heavy atom. The first kappa shape index (κ1) is 8.55. The molecule has 3 aliphatic rings. The first-order chi connectivity index (χ1) is 5.33. The molecule has 0 radical (unpaired) electrons. The van der Waals surface area contributed by atoms with Gasteiger partial charge in [-0.2, -0.15) is 0 Å². The lowest BCUT2D eigenvalue weighted by Crippen LogP contribution is -2.50. The van der Waals surface area contributed by atoms with Gasteiger partial charge in [-0.15, -0.1) is 0 Å². The van der Waals surface area contributed by atoms with Crippen molar-refractivity contribution in [3.05, 3.63) is 0 Å². The molecule has 1 saturated carbocycles. The normalized spacial score (nSPS) is 44.2. The Kier molecular flexibility index (Phi) is 1.47.